The third-order valence-corrected chi connectivity index (χ3v) is 4.72. The van der Waals surface area contributed by atoms with Crippen molar-refractivity contribution in [3.05, 3.63) is 59.1 Å². The lowest BCUT2D eigenvalue weighted by Gasteiger charge is -2.15. The van der Waals surface area contributed by atoms with Crippen LogP contribution in [0.5, 0.6) is 5.75 Å². The van der Waals surface area contributed by atoms with Crippen molar-refractivity contribution in [1.82, 2.24) is 5.32 Å². The summed E-state index contributed by atoms with van der Waals surface area (Å²) >= 11 is 5.85. The highest BCUT2D eigenvalue weighted by Crippen LogP contribution is 2.18. The molecule has 24 heavy (non-hydrogen) atoms. The Labute approximate surface area is 146 Å². The van der Waals surface area contributed by atoms with Crippen molar-refractivity contribution in [2.24, 2.45) is 0 Å². The first-order chi connectivity index (χ1) is 11.3. The number of ether oxygens (including phenoxy) is 1. The number of rotatable bonds is 6. The van der Waals surface area contributed by atoms with Crippen LogP contribution in [0.4, 0.5) is 0 Å². The van der Waals surface area contributed by atoms with Gasteiger partial charge in [-0.3, -0.25) is 4.79 Å². The van der Waals surface area contributed by atoms with Crippen molar-refractivity contribution < 1.29 is 17.9 Å². The van der Waals surface area contributed by atoms with Gasteiger partial charge < -0.3 is 10.1 Å². The van der Waals surface area contributed by atoms with E-state index in [9.17, 15) is 13.2 Å². The quantitative estimate of drug-likeness (QED) is 0.851. The largest absolute Gasteiger partial charge is 0.484 e. The molecule has 1 amide bonds. The van der Waals surface area contributed by atoms with Crippen LogP contribution in [0, 0.1) is 0 Å². The van der Waals surface area contributed by atoms with E-state index in [4.69, 9.17) is 16.3 Å². The molecular formula is C17H18ClNO4S. The summed E-state index contributed by atoms with van der Waals surface area (Å²) in [6.07, 6.45) is 1.15. The summed E-state index contributed by atoms with van der Waals surface area (Å²) in [5, 5.41) is 3.33. The van der Waals surface area contributed by atoms with Gasteiger partial charge in [-0.1, -0.05) is 29.8 Å². The van der Waals surface area contributed by atoms with Crippen LogP contribution in [0.2, 0.25) is 5.02 Å². The summed E-state index contributed by atoms with van der Waals surface area (Å²) < 4.78 is 28.3. The van der Waals surface area contributed by atoms with Gasteiger partial charge in [-0.05, 0) is 42.8 Å². The van der Waals surface area contributed by atoms with Crippen molar-refractivity contribution >= 4 is 27.3 Å². The van der Waals surface area contributed by atoms with Crippen LogP contribution < -0.4 is 10.1 Å². The van der Waals surface area contributed by atoms with E-state index in [1.54, 1.807) is 36.4 Å². The standard InChI is InChI=1S/C17H18ClNO4S/c1-12(13-6-8-16(9-7-13)24(2,21)22)19-17(20)11-23-15-5-3-4-14(18)10-15/h3-10,12H,11H2,1-2H3,(H,19,20)/t12-/m1/s1. The highest BCUT2D eigenvalue weighted by atomic mass is 35.5. The number of hydrogen-bond donors (Lipinski definition) is 1. The Morgan fingerprint density at radius 1 is 1.21 bits per heavy atom. The average molecular weight is 368 g/mol. The predicted molar refractivity (Wildman–Crippen MR) is 93.1 cm³/mol. The van der Waals surface area contributed by atoms with Gasteiger partial charge in [0.1, 0.15) is 5.75 Å². The van der Waals surface area contributed by atoms with Crippen LogP contribution in [-0.2, 0) is 14.6 Å². The molecule has 2 aromatic rings. The Morgan fingerprint density at radius 2 is 1.88 bits per heavy atom. The monoisotopic (exact) mass is 367 g/mol. The number of halogens is 1. The van der Waals surface area contributed by atoms with Crippen LogP contribution in [-0.4, -0.2) is 27.2 Å². The fourth-order valence-electron chi connectivity index (χ4n) is 2.08. The molecule has 0 fully saturated rings. The molecule has 1 N–H and O–H groups in total. The fraction of sp³-hybridized carbons (Fsp3) is 0.235. The van der Waals surface area contributed by atoms with E-state index >= 15 is 0 Å². The van der Waals surface area contributed by atoms with E-state index in [-0.39, 0.29) is 23.5 Å². The number of carbonyl (C=O) groups excluding carboxylic acids is 1. The molecule has 0 aliphatic rings. The average Bonchev–Trinajstić information content (AvgIpc) is 2.52. The molecule has 0 saturated heterocycles. The number of nitrogens with one attached hydrogen (secondary N) is 1. The van der Waals surface area contributed by atoms with Gasteiger partial charge in [0.2, 0.25) is 0 Å². The molecule has 0 aliphatic heterocycles. The van der Waals surface area contributed by atoms with Gasteiger partial charge in [0.15, 0.2) is 16.4 Å². The van der Waals surface area contributed by atoms with Gasteiger partial charge >= 0.3 is 0 Å². The smallest absolute Gasteiger partial charge is 0.258 e. The van der Waals surface area contributed by atoms with Crippen LogP contribution >= 0.6 is 11.6 Å². The molecule has 2 aromatic carbocycles. The minimum absolute atomic E-state index is 0.133. The number of benzene rings is 2. The topological polar surface area (TPSA) is 72.5 Å². The molecule has 0 saturated carbocycles. The molecule has 0 bridgehead atoms. The van der Waals surface area contributed by atoms with Crippen molar-refractivity contribution in [1.29, 1.82) is 0 Å². The third kappa shape index (κ3) is 5.25. The van der Waals surface area contributed by atoms with Gasteiger partial charge in [-0.25, -0.2) is 8.42 Å². The summed E-state index contributed by atoms with van der Waals surface area (Å²) in [7, 11) is -3.23. The number of amides is 1. The highest BCUT2D eigenvalue weighted by molar-refractivity contribution is 7.90. The zero-order valence-electron chi connectivity index (χ0n) is 13.3. The Bertz CT molecular complexity index is 819. The second-order valence-corrected chi connectivity index (χ2v) is 7.83. The van der Waals surface area contributed by atoms with E-state index in [0.29, 0.717) is 10.8 Å². The SMILES string of the molecule is C[C@@H](NC(=O)COc1cccc(Cl)c1)c1ccc(S(C)(=O)=O)cc1. The first-order valence-corrected chi connectivity index (χ1v) is 9.50. The van der Waals surface area contributed by atoms with Gasteiger partial charge in [-0.2, -0.15) is 0 Å². The van der Waals surface area contributed by atoms with Crippen molar-refractivity contribution in [3.8, 4) is 5.75 Å². The Morgan fingerprint density at radius 3 is 2.46 bits per heavy atom. The molecule has 128 valence electrons. The van der Waals surface area contributed by atoms with E-state index in [2.05, 4.69) is 5.32 Å². The maximum atomic E-state index is 11.9. The minimum atomic E-state index is -3.23. The number of carbonyl (C=O) groups is 1. The van der Waals surface area contributed by atoms with Crippen LogP contribution in [0.3, 0.4) is 0 Å². The zero-order chi connectivity index (χ0) is 17.7. The number of hydrogen-bond acceptors (Lipinski definition) is 4. The predicted octanol–water partition coefficient (Wildman–Crippen LogP) is 3.00. The van der Waals surface area contributed by atoms with E-state index < -0.39 is 9.84 Å². The molecule has 0 unspecified atom stereocenters. The van der Waals surface area contributed by atoms with E-state index in [1.807, 2.05) is 6.92 Å². The Balaban J connectivity index is 1.91. The van der Waals surface area contributed by atoms with Crippen molar-refractivity contribution in [2.45, 2.75) is 17.9 Å². The van der Waals surface area contributed by atoms with Gasteiger partial charge in [-0.15, -0.1) is 0 Å². The molecule has 5 nitrogen and oxygen atoms in total. The molecule has 0 heterocycles. The molecular weight excluding hydrogens is 350 g/mol. The molecule has 0 aromatic heterocycles. The van der Waals surface area contributed by atoms with Gasteiger partial charge in [0.25, 0.3) is 5.91 Å². The number of sulfone groups is 1. The summed E-state index contributed by atoms with van der Waals surface area (Å²) in [4.78, 5) is 12.2. The van der Waals surface area contributed by atoms with Crippen LogP contribution in [0.15, 0.2) is 53.4 Å². The lowest BCUT2D eigenvalue weighted by atomic mass is 10.1. The maximum absolute atomic E-state index is 11.9. The second kappa shape index (κ2) is 7.68. The Hall–Kier alpha value is -2.05. The molecule has 0 radical (unpaired) electrons. The first kappa shape index (κ1) is 18.3. The lowest BCUT2D eigenvalue weighted by Crippen LogP contribution is -2.31. The summed E-state index contributed by atoms with van der Waals surface area (Å²) in [5.41, 5.74) is 0.804. The molecule has 1 atom stereocenters. The summed E-state index contributed by atoms with van der Waals surface area (Å²) in [6, 6.07) is 12.9. The normalized spacial score (nSPS) is 12.5. The summed E-state index contributed by atoms with van der Waals surface area (Å²) in [6.45, 7) is 1.68. The van der Waals surface area contributed by atoms with Gasteiger partial charge in [0, 0.05) is 11.3 Å². The van der Waals surface area contributed by atoms with Crippen molar-refractivity contribution in [3.63, 3.8) is 0 Å². The van der Waals surface area contributed by atoms with Crippen LogP contribution in [0.25, 0.3) is 0 Å². The summed E-state index contributed by atoms with van der Waals surface area (Å²) in [5.74, 6) is 0.234. The zero-order valence-corrected chi connectivity index (χ0v) is 14.9. The van der Waals surface area contributed by atoms with Crippen LogP contribution in [0.1, 0.15) is 18.5 Å². The maximum Gasteiger partial charge on any atom is 0.258 e. The Kier molecular flexibility index (Phi) is 5.85. The molecule has 0 spiro atoms. The van der Waals surface area contributed by atoms with E-state index in [1.165, 1.54) is 12.1 Å². The van der Waals surface area contributed by atoms with E-state index in [0.717, 1.165) is 11.8 Å². The minimum Gasteiger partial charge on any atom is -0.484 e. The van der Waals surface area contributed by atoms with Gasteiger partial charge in [0.05, 0.1) is 10.9 Å². The fourth-order valence-corrected chi connectivity index (χ4v) is 2.89. The second-order valence-electron chi connectivity index (χ2n) is 5.38. The first-order valence-electron chi connectivity index (χ1n) is 7.23. The lowest BCUT2D eigenvalue weighted by molar-refractivity contribution is -0.123. The molecule has 2 rings (SSSR count). The molecule has 7 heteroatoms. The molecule has 0 aliphatic carbocycles. The highest BCUT2D eigenvalue weighted by Gasteiger charge is 2.12. The third-order valence-electron chi connectivity index (χ3n) is 3.35. The van der Waals surface area contributed by atoms with Crippen molar-refractivity contribution in [2.75, 3.05) is 12.9 Å².